The van der Waals surface area contributed by atoms with Crippen LogP contribution in [0.2, 0.25) is 0 Å². The fraction of sp³-hybridized carbons (Fsp3) is 0.167. The van der Waals surface area contributed by atoms with Gasteiger partial charge in [0.15, 0.2) is 0 Å². The second-order valence-corrected chi connectivity index (χ2v) is 5.38. The first-order valence-corrected chi connectivity index (χ1v) is 6.85. The van der Waals surface area contributed by atoms with E-state index >= 15 is 0 Å². The minimum atomic E-state index is -0.848. The third-order valence-electron chi connectivity index (χ3n) is 2.31. The van der Waals surface area contributed by atoms with Crippen molar-refractivity contribution >= 4 is 33.2 Å². The number of carbonyl (C=O) groups is 1. The van der Waals surface area contributed by atoms with Crippen molar-refractivity contribution < 1.29 is 14.3 Å². The van der Waals surface area contributed by atoms with Crippen molar-refractivity contribution in [3.05, 3.63) is 39.6 Å². The summed E-state index contributed by atoms with van der Waals surface area (Å²) in [4.78, 5) is 14.7. The molecule has 0 bridgehead atoms. The van der Waals surface area contributed by atoms with Gasteiger partial charge in [0.05, 0.1) is 16.6 Å². The standard InChI is InChI=1S/C12H9BrFNO2S/c13-9-3-1-7(5-10(9)14)12-15-8(6-18-12)2-4-11(16)17/h1,3,5-6H,2,4H2,(H,16,17). The monoisotopic (exact) mass is 329 g/mol. The van der Waals surface area contributed by atoms with Crippen molar-refractivity contribution in [3.63, 3.8) is 0 Å². The van der Waals surface area contributed by atoms with E-state index in [0.29, 0.717) is 21.5 Å². The predicted molar refractivity (Wildman–Crippen MR) is 71.2 cm³/mol. The van der Waals surface area contributed by atoms with Crippen LogP contribution in [0.5, 0.6) is 0 Å². The third-order valence-corrected chi connectivity index (χ3v) is 3.90. The molecule has 0 fully saturated rings. The molecule has 1 aromatic carbocycles. The molecule has 2 rings (SSSR count). The van der Waals surface area contributed by atoms with Gasteiger partial charge in [0.25, 0.3) is 0 Å². The number of rotatable bonds is 4. The molecule has 0 spiro atoms. The van der Waals surface area contributed by atoms with Gasteiger partial charge in [0, 0.05) is 17.4 Å². The lowest BCUT2D eigenvalue weighted by Gasteiger charge is -1.98. The van der Waals surface area contributed by atoms with Gasteiger partial charge in [0.2, 0.25) is 0 Å². The molecular weight excluding hydrogens is 321 g/mol. The molecule has 0 radical (unpaired) electrons. The highest BCUT2D eigenvalue weighted by molar-refractivity contribution is 9.10. The van der Waals surface area contributed by atoms with E-state index in [1.54, 1.807) is 17.5 Å². The molecule has 0 aliphatic rings. The molecule has 3 nitrogen and oxygen atoms in total. The molecule has 1 N–H and O–H groups in total. The van der Waals surface area contributed by atoms with E-state index in [9.17, 15) is 9.18 Å². The molecule has 94 valence electrons. The van der Waals surface area contributed by atoms with Gasteiger partial charge in [-0.1, -0.05) is 6.07 Å². The van der Waals surface area contributed by atoms with Crippen molar-refractivity contribution in [2.24, 2.45) is 0 Å². The van der Waals surface area contributed by atoms with Crippen LogP contribution in [0.1, 0.15) is 12.1 Å². The summed E-state index contributed by atoms with van der Waals surface area (Å²) in [5.74, 6) is -1.19. The van der Waals surface area contributed by atoms with Crippen LogP contribution in [0.3, 0.4) is 0 Å². The van der Waals surface area contributed by atoms with Crippen LogP contribution in [-0.2, 0) is 11.2 Å². The number of aryl methyl sites for hydroxylation is 1. The molecule has 2 aromatic rings. The van der Waals surface area contributed by atoms with Gasteiger partial charge >= 0.3 is 5.97 Å². The van der Waals surface area contributed by atoms with Crippen LogP contribution >= 0.6 is 27.3 Å². The van der Waals surface area contributed by atoms with Gasteiger partial charge in [-0.25, -0.2) is 9.37 Å². The van der Waals surface area contributed by atoms with Gasteiger partial charge in [-0.3, -0.25) is 4.79 Å². The molecule has 0 saturated carbocycles. The molecule has 0 saturated heterocycles. The van der Waals surface area contributed by atoms with Crippen molar-refractivity contribution in [2.75, 3.05) is 0 Å². The zero-order valence-corrected chi connectivity index (χ0v) is 11.6. The number of hydrogen-bond donors (Lipinski definition) is 1. The Morgan fingerprint density at radius 3 is 2.94 bits per heavy atom. The Balaban J connectivity index is 2.18. The van der Waals surface area contributed by atoms with Gasteiger partial charge in [-0.15, -0.1) is 11.3 Å². The maximum absolute atomic E-state index is 13.4. The second kappa shape index (κ2) is 5.58. The molecule has 6 heteroatoms. The summed E-state index contributed by atoms with van der Waals surface area (Å²) < 4.78 is 13.8. The third kappa shape index (κ3) is 3.14. The van der Waals surface area contributed by atoms with Crippen LogP contribution < -0.4 is 0 Å². The van der Waals surface area contributed by atoms with E-state index in [-0.39, 0.29) is 12.2 Å². The minimum Gasteiger partial charge on any atom is -0.481 e. The highest BCUT2D eigenvalue weighted by Gasteiger charge is 2.08. The number of hydrogen-bond acceptors (Lipinski definition) is 3. The highest BCUT2D eigenvalue weighted by Crippen LogP contribution is 2.27. The molecule has 0 atom stereocenters. The average Bonchev–Trinajstić information content (AvgIpc) is 2.79. The molecular formula is C12H9BrFNO2S. The number of aromatic nitrogens is 1. The minimum absolute atomic E-state index is 0.0534. The Morgan fingerprint density at radius 1 is 1.50 bits per heavy atom. The Bertz CT molecular complexity index is 585. The van der Waals surface area contributed by atoms with E-state index in [1.807, 2.05) is 0 Å². The summed E-state index contributed by atoms with van der Waals surface area (Å²) in [5, 5.41) is 11.1. The predicted octanol–water partition coefficient (Wildman–Crippen LogP) is 3.73. The zero-order chi connectivity index (χ0) is 13.1. The Morgan fingerprint density at radius 2 is 2.28 bits per heavy atom. The molecule has 18 heavy (non-hydrogen) atoms. The number of nitrogens with zero attached hydrogens (tertiary/aromatic N) is 1. The average molecular weight is 330 g/mol. The lowest BCUT2D eigenvalue weighted by atomic mass is 10.2. The number of aliphatic carboxylic acids is 1. The summed E-state index contributed by atoms with van der Waals surface area (Å²) in [6.45, 7) is 0. The number of halogens is 2. The largest absolute Gasteiger partial charge is 0.481 e. The molecule has 1 aromatic heterocycles. The van der Waals surface area contributed by atoms with Crippen molar-refractivity contribution in [1.29, 1.82) is 0 Å². The summed E-state index contributed by atoms with van der Waals surface area (Å²) in [6, 6.07) is 4.81. The van der Waals surface area contributed by atoms with Crippen LogP contribution in [0, 0.1) is 5.82 Å². The maximum Gasteiger partial charge on any atom is 0.303 e. The van der Waals surface area contributed by atoms with Gasteiger partial charge in [-0.05, 0) is 28.1 Å². The van der Waals surface area contributed by atoms with E-state index in [0.717, 1.165) is 5.69 Å². The van der Waals surface area contributed by atoms with Gasteiger partial charge in [0.1, 0.15) is 10.8 Å². The van der Waals surface area contributed by atoms with Crippen molar-refractivity contribution in [3.8, 4) is 10.6 Å². The number of benzene rings is 1. The van der Waals surface area contributed by atoms with Crippen LogP contribution in [0.15, 0.2) is 28.1 Å². The summed E-state index contributed by atoms with van der Waals surface area (Å²) >= 11 is 4.47. The maximum atomic E-state index is 13.4. The first-order valence-electron chi connectivity index (χ1n) is 5.18. The molecule has 0 aliphatic heterocycles. The topological polar surface area (TPSA) is 50.2 Å². The first kappa shape index (κ1) is 13.2. The van der Waals surface area contributed by atoms with E-state index in [2.05, 4.69) is 20.9 Å². The lowest BCUT2D eigenvalue weighted by molar-refractivity contribution is -0.136. The fourth-order valence-corrected chi connectivity index (χ4v) is 2.52. The second-order valence-electron chi connectivity index (χ2n) is 3.67. The van der Waals surface area contributed by atoms with Gasteiger partial charge in [-0.2, -0.15) is 0 Å². The molecule has 0 aliphatic carbocycles. The Kier molecular flexibility index (Phi) is 4.08. The zero-order valence-electron chi connectivity index (χ0n) is 9.19. The van der Waals surface area contributed by atoms with Crippen molar-refractivity contribution in [2.45, 2.75) is 12.8 Å². The Hall–Kier alpha value is -1.27. The molecule has 0 amide bonds. The fourth-order valence-electron chi connectivity index (χ4n) is 1.42. The van der Waals surface area contributed by atoms with Crippen molar-refractivity contribution in [1.82, 2.24) is 4.98 Å². The van der Waals surface area contributed by atoms with Crippen LogP contribution in [0.4, 0.5) is 4.39 Å². The smallest absolute Gasteiger partial charge is 0.303 e. The van der Waals surface area contributed by atoms with E-state index in [1.165, 1.54) is 17.4 Å². The summed E-state index contributed by atoms with van der Waals surface area (Å²) in [6.07, 6.45) is 0.447. The first-order chi connectivity index (χ1) is 8.56. The van der Waals surface area contributed by atoms with Gasteiger partial charge < -0.3 is 5.11 Å². The number of carboxylic acids is 1. The normalized spacial score (nSPS) is 10.6. The number of thiazole rings is 1. The van der Waals surface area contributed by atoms with E-state index in [4.69, 9.17) is 5.11 Å². The highest BCUT2D eigenvalue weighted by atomic mass is 79.9. The summed E-state index contributed by atoms with van der Waals surface area (Å²) in [5.41, 5.74) is 1.42. The van der Waals surface area contributed by atoms with Crippen LogP contribution in [-0.4, -0.2) is 16.1 Å². The molecule has 1 heterocycles. The summed E-state index contributed by atoms with van der Waals surface area (Å²) in [7, 11) is 0. The number of carboxylic acid groups (broad SMARTS) is 1. The SMILES string of the molecule is O=C(O)CCc1csc(-c2ccc(Br)c(F)c2)n1. The van der Waals surface area contributed by atoms with E-state index < -0.39 is 5.97 Å². The lowest BCUT2D eigenvalue weighted by Crippen LogP contribution is -1.97. The quantitative estimate of drug-likeness (QED) is 0.929. The Labute approximate surface area is 115 Å². The molecule has 0 unspecified atom stereocenters. The van der Waals surface area contributed by atoms with Crippen LogP contribution in [0.25, 0.3) is 10.6 Å².